The van der Waals surface area contributed by atoms with Gasteiger partial charge in [0, 0.05) is 0 Å². The Kier molecular flexibility index (Phi) is 3.70. The minimum absolute atomic E-state index is 0.134. The van der Waals surface area contributed by atoms with Crippen molar-refractivity contribution in [3.8, 4) is 0 Å². The minimum Gasteiger partial charge on any atom is -0.392 e. The maximum absolute atomic E-state index is 10.2. The monoisotopic (exact) mass is 238 g/mol. The molecule has 1 heterocycles. The summed E-state index contributed by atoms with van der Waals surface area (Å²) >= 11 is 1.72. The molecule has 0 saturated heterocycles. The predicted molar refractivity (Wildman–Crippen MR) is 69.8 cm³/mol. The first kappa shape index (κ1) is 12.1. The van der Waals surface area contributed by atoms with Crippen LogP contribution in [0.5, 0.6) is 0 Å². The lowest BCUT2D eigenvalue weighted by Gasteiger charge is -2.36. The molecule has 1 aliphatic carbocycles. The first-order valence-electron chi connectivity index (χ1n) is 6.26. The Bertz CT molecular complexity index is 305. The SMILES string of the molecule is CC1(C)CCC(C(O)Cc2ccsc2)CC1. The fraction of sp³-hybridized carbons (Fsp3) is 0.714. The molecular formula is C14H22OS. The van der Waals surface area contributed by atoms with Gasteiger partial charge >= 0.3 is 0 Å². The molecule has 1 aromatic rings. The van der Waals surface area contributed by atoms with Crippen LogP contribution in [0.25, 0.3) is 0 Å². The summed E-state index contributed by atoms with van der Waals surface area (Å²) in [5.74, 6) is 0.521. The largest absolute Gasteiger partial charge is 0.392 e. The molecule has 1 aromatic heterocycles. The smallest absolute Gasteiger partial charge is 0.0609 e. The van der Waals surface area contributed by atoms with E-state index in [1.807, 2.05) is 0 Å². The van der Waals surface area contributed by atoms with Crippen LogP contribution in [0, 0.1) is 11.3 Å². The molecule has 1 fully saturated rings. The van der Waals surface area contributed by atoms with Gasteiger partial charge in [-0.25, -0.2) is 0 Å². The quantitative estimate of drug-likeness (QED) is 0.847. The molecule has 0 amide bonds. The average molecular weight is 238 g/mol. The molecule has 0 bridgehead atoms. The van der Waals surface area contributed by atoms with Gasteiger partial charge in [0.1, 0.15) is 0 Å². The third-order valence-corrected chi connectivity index (χ3v) is 4.68. The van der Waals surface area contributed by atoms with Gasteiger partial charge < -0.3 is 5.11 Å². The number of aliphatic hydroxyl groups excluding tert-OH is 1. The van der Waals surface area contributed by atoms with Crippen LogP contribution in [0.1, 0.15) is 45.1 Å². The standard InChI is InChI=1S/C14H22OS/c1-14(2)6-3-12(4-7-14)13(15)9-11-5-8-16-10-11/h5,8,10,12-13,15H,3-4,6-7,9H2,1-2H3. The predicted octanol–water partition coefficient (Wildman–Crippen LogP) is 3.87. The Morgan fingerprint density at radius 3 is 2.69 bits per heavy atom. The van der Waals surface area contributed by atoms with E-state index in [1.165, 1.54) is 31.2 Å². The van der Waals surface area contributed by atoms with E-state index in [0.717, 1.165) is 6.42 Å². The maximum Gasteiger partial charge on any atom is 0.0609 e. The van der Waals surface area contributed by atoms with Gasteiger partial charge in [-0.05, 0) is 65.8 Å². The van der Waals surface area contributed by atoms with Crippen molar-refractivity contribution >= 4 is 11.3 Å². The summed E-state index contributed by atoms with van der Waals surface area (Å²) in [6.07, 6.45) is 5.62. The normalized spacial score (nSPS) is 23.2. The second kappa shape index (κ2) is 4.89. The van der Waals surface area contributed by atoms with Gasteiger partial charge in [0.05, 0.1) is 6.10 Å². The van der Waals surface area contributed by atoms with Crippen LogP contribution < -0.4 is 0 Å². The first-order valence-corrected chi connectivity index (χ1v) is 7.20. The fourth-order valence-corrected chi connectivity index (χ4v) is 3.30. The Labute approximate surface area is 103 Å². The highest BCUT2D eigenvalue weighted by Gasteiger charge is 2.30. The van der Waals surface area contributed by atoms with Crippen LogP contribution >= 0.6 is 11.3 Å². The Balaban J connectivity index is 1.85. The third kappa shape index (κ3) is 3.08. The van der Waals surface area contributed by atoms with Gasteiger partial charge in [0.2, 0.25) is 0 Å². The highest BCUT2D eigenvalue weighted by molar-refractivity contribution is 7.07. The maximum atomic E-state index is 10.2. The van der Waals surface area contributed by atoms with Crippen LogP contribution in [0.3, 0.4) is 0 Å². The number of thiophene rings is 1. The van der Waals surface area contributed by atoms with E-state index in [0.29, 0.717) is 11.3 Å². The molecular weight excluding hydrogens is 216 g/mol. The zero-order chi connectivity index (χ0) is 11.6. The van der Waals surface area contributed by atoms with Crippen molar-refractivity contribution in [1.29, 1.82) is 0 Å². The van der Waals surface area contributed by atoms with Crippen molar-refractivity contribution in [3.05, 3.63) is 22.4 Å². The van der Waals surface area contributed by atoms with Crippen molar-refractivity contribution in [2.24, 2.45) is 11.3 Å². The fourth-order valence-electron chi connectivity index (χ4n) is 2.62. The lowest BCUT2D eigenvalue weighted by Crippen LogP contribution is -2.30. The molecule has 0 aromatic carbocycles. The number of aliphatic hydroxyl groups is 1. The van der Waals surface area contributed by atoms with E-state index in [2.05, 4.69) is 30.7 Å². The number of rotatable bonds is 3. The Morgan fingerprint density at radius 2 is 2.12 bits per heavy atom. The van der Waals surface area contributed by atoms with E-state index >= 15 is 0 Å². The molecule has 16 heavy (non-hydrogen) atoms. The third-order valence-electron chi connectivity index (χ3n) is 3.95. The average Bonchev–Trinajstić information content (AvgIpc) is 2.70. The minimum atomic E-state index is -0.134. The van der Waals surface area contributed by atoms with Gasteiger partial charge in [-0.1, -0.05) is 13.8 Å². The van der Waals surface area contributed by atoms with Crippen LogP contribution in [0.15, 0.2) is 16.8 Å². The van der Waals surface area contributed by atoms with E-state index in [1.54, 1.807) is 11.3 Å². The van der Waals surface area contributed by atoms with E-state index in [4.69, 9.17) is 0 Å². The summed E-state index contributed by atoms with van der Waals surface area (Å²) in [7, 11) is 0. The van der Waals surface area contributed by atoms with Crippen LogP contribution in [0.4, 0.5) is 0 Å². The summed E-state index contributed by atoms with van der Waals surface area (Å²) in [6, 6.07) is 2.13. The molecule has 2 rings (SSSR count). The molecule has 0 radical (unpaired) electrons. The van der Waals surface area contributed by atoms with Crippen LogP contribution in [-0.4, -0.2) is 11.2 Å². The zero-order valence-corrected chi connectivity index (χ0v) is 11.1. The molecule has 0 spiro atoms. The second-order valence-corrected chi connectivity index (χ2v) is 6.68. The summed E-state index contributed by atoms with van der Waals surface area (Å²) < 4.78 is 0. The summed E-state index contributed by atoms with van der Waals surface area (Å²) in [4.78, 5) is 0. The highest BCUT2D eigenvalue weighted by Crippen LogP contribution is 2.39. The summed E-state index contributed by atoms with van der Waals surface area (Å²) in [5, 5.41) is 14.5. The molecule has 1 unspecified atom stereocenters. The Morgan fingerprint density at radius 1 is 1.44 bits per heavy atom. The molecule has 1 nitrogen and oxygen atoms in total. The van der Waals surface area contributed by atoms with E-state index in [-0.39, 0.29) is 6.10 Å². The lowest BCUT2D eigenvalue weighted by molar-refractivity contribution is 0.0577. The van der Waals surface area contributed by atoms with Crippen molar-refractivity contribution in [2.45, 2.75) is 52.1 Å². The summed E-state index contributed by atoms with van der Waals surface area (Å²) in [5.41, 5.74) is 1.79. The molecule has 2 heteroatoms. The van der Waals surface area contributed by atoms with E-state index < -0.39 is 0 Å². The molecule has 90 valence electrons. The zero-order valence-electron chi connectivity index (χ0n) is 10.3. The second-order valence-electron chi connectivity index (χ2n) is 5.90. The van der Waals surface area contributed by atoms with Gasteiger partial charge in [-0.2, -0.15) is 11.3 Å². The molecule has 1 N–H and O–H groups in total. The van der Waals surface area contributed by atoms with Gasteiger partial charge in [0.25, 0.3) is 0 Å². The lowest BCUT2D eigenvalue weighted by atomic mass is 9.71. The first-order chi connectivity index (χ1) is 7.57. The highest BCUT2D eigenvalue weighted by atomic mass is 32.1. The Hall–Kier alpha value is -0.340. The van der Waals surface area contributed by atoms with Crippen molar-refractivity contribution in [2.75, 3.05) is 0 Å². The topological polar surface area (TPSA) is 20.2 Å². The van der Waals surface area contributed by atoms with Gasteiger partial charge in [0.15, 0.2) is 0 Å². The van der Waals surface area contributed by atoms with Crippen molar-refractivity contribution in [1.82, 2.24) is 0 Å². The number of hydrogen-bond donors (Lipinski definition) is 1. The van der Waals surface area contributed by atoms with Crippen molar-refractivity contribution in [3.63, 3.8) is 0 Å². The van der Waals surface area contributed by atoms with Crippen LogP contribution in [-0.2, 0) is 6.42 Å². The van der Waals surface area contributed by atoms with Crippen LogP contribution in [0.2, 0.25) is 0 Å². The number of hydrogen-bond acceptors (Lipinski definition) is 2. The molecule has 1 aliphatic rings. The summed E-state index contributed by atoms with van der Waals surface area (Å²) in [6.45, 7) is 4.68. The molecule has 0 aliphatic heterocycles. The van der Waals surface area contributed by atoms with E-state index in [9.17, 15) is 5.11 Å². The molecule has 1 saturated carbocycles. The molecule has 1 atom stereocenters. The van der Waals surface area contributed by atoms with Gasteiger partial charge in [-0.3, -0.25) is 0 Å². The van der Waals surface area contributed by atoms with Crippen molar-refractivity contribution < 1.29 is 5.11 Å². The van der Waals surface area contributed by atoms with Gasteiger partial charge in [-0.15, -0.1) is 0 Å².